The fraction of sp³-hybridized carbons (Fsp3) is 0.182. The molecule has 0 aliphatic rings. The molecule has 7 nitrogen and oxygen atoms in total. The summed E-state index contributed by atoms with van der Waals surface area (Å²) in [5, 5.41) is 12.9. The Labute approximate surface area is 103 Å². The summed E-state index contributed by atoms with van der Waals surface area (Å²) in [6, 6.07) is 4.46. The Kier molecular flexibility index (Phi) is 2.88. The number of aromatic carboxylic acids is 1. The van der Waals surface area contributed by atoms with Crippen molar-refractivity contribution in [1.29, 1.82) is 0 Å². The van der Waals surface area contributed by atoms with Crippen molar-refractivity contribution < 1.29 is 14.6 Å². The van der Waals surface area contributed by atoms with Crippen LogP contribution >= 0.6 is 0 Å². The fourth-order valence-corrected chi connectivity index (χ4v) is 1.43. The second kappa shape index (κ2) is 4.36. The minimum Gasteiger partial charge on any atom is -0.477 e. The van der Waals surface area contributed by atoms with Crippen LogP contribution in [0.4, 0.5) is 5.69 Å². The molecule has 0 unspecified atom stereocenters. The van der Waals surface area contributed by atoms with Crippen molar-refractivity contribution in [2.24, 2.45) is 7.05 Å². The van der Waals surface area contributed by atoms with Gasteiger partial charge >= 0.3 is 5.97 Å². The average Bonchev–Trinajstić information content (AvgIpc) is 2.60. The monoisotopic (exact) mass is 248 g/mol. The van der Waals surface area contributed by atoms with Crippen LogP contribution in [-0.2, 0) is 7.05 Å². The van der Waals surface area contributed by atoms with E-state index in [0.717, 1.165) is 5.69 Å². The Balaban J connectivity index is 2.36. The van der Waals surface area contributed by atoms with Crippen LogP contribution in [0.3, 0.4) is 0 Å². The molecule has 0 amide bonds. The number of carbonyl (C=O) groups is 1. The zero-order valence-electron chi connectivity index (χ0n) is 9.91. The van der Waals surface area contributed by atoms with Crippen LogP contribution in [0.1, 0.15) is 16.2 Å². The minimum atomic E-state index is -1.14. The largest absolute Gasteiger partial charge is 0.477 e. The summed E-state index contributed by atoms with van der Waals surface area (Å²) in [6.45, 7) is 1.82. The SMILES string of the molecule is Cc1cc(Oc2nc(C(=O)O)ccc2N)n(C)n1. The summed E-state index contributed by atoms with van der Waals surface area (Å²) in [5.74, 6) is -0.645. The molecule has 2 rings (SSSR count). The van der Waals surface area contributed by atoms with Crippen LogP contribution in [-0.4, -0.2) is 25.8 Å². The molecule has 94 valence electrons. The van der Waals surface area contributed by atoms with Gasteiger partial charge < -0.3 is 15.6 Å². The van der Waals surface area contributed by atoms with Crippen LogP contribution in [0.5, 0.6) is 11.8 Å². The van der Waals surface area contributed by atoms with Gasteiger partial charge in [0, 0.05) is 13.1 Å². The summed E-state index contributed by atoms with van der Waals surface area (Å²) in [5.41, 5.74) is 6.60. The number of hydrogen-bond acceptors (Lipinski definition) is 5. The molecule has 0 fully saturated rings. The highest BCUT2D eigenvalue weighted by Gasteiger charge is 2.12. The lowest BCUT2D eigenvalue weighted by molar-refractivity contribution is 0.0689. The van der Waals surface area contributed by atoms with E-state index in [0.29, 0.717) is 5.88 Å². The Morgan fingerprint density at radius 3 is 2.78 bits per heavy atom. The molecule has 2 aromatic heterocycles. The topological polar surface area (TPSA) is 103 Å². The molecule has 3 N–H and O–H groups in total. The van der Waals surface area contributed by atoms with Gasteiger partial charge in [0.25, 0.3) is 0 Å². The highest BCUT2D eigenvalue weighted by atomic mass is 16.5. The van der Waals surface area contributed by atoms with Gasteiger partial charge in [-0.15, -0.1) is 0 Å². The first-order valence-corrected chi connectivity index (χ1v) is 5.15. The van der Waals surface area contributed by atoms with Crippen molar-refractivity contribution in [3.05, 3.63) is 29.6 Å². The summed E-state index contributed by atoms with van der Waals surface area (Å²) in [4.78, 5) is 14.6. The smallest absolute Gasteiger partial charge is 0.354 e. The number of aryl methyl sites for hydroxylation is 2. The van der Waals surface area contributed by atoms with Gasteiger partial charge in [-0.25, -0.2) is 14.5 Å². The number of pyridine rings is 1. The number of carboxylic acid groups (broad SMARTS) is 1. The predicted octanol–water partition coefficient (Wildman–Crippen LogP) is 1.20. The molecule has 0 spiro atoms. The molecule has 0 radical (unpaired) electrons. The Hall–Kier alpha value is -2.57. The number of aromatic nitrogens is 3. The van der Waals surface area contributed by atoms with E-state index in [4.69, 9.17) is 15.6 Å². The van der Waals surface area contributed by atoms with Gasteiger partial charge in [0.2, 0.25) is 11.8 Å². The molecule has 0 aliphatic carbocycles. The number of carboxylic acids is 1. The molecule has 0 bridgehead atoms. The first-order chi connectivity index (χ1) is 8.47. The quantitative estimate of drug-likeness (QED) is 0.845. The first-order valence-electron chi connectivity index (χ1n) is 5.15. The zero-order valence-corrected chi connectivity index (χ0v) is 9.91. The molecular formula is C11H12N4O3. The third-order valence-corrected chi connectivity index (χ3v) is 2.27. The van der Waals surface area contributed by atoms with Crippen LogP contribution in [0.25, 0.3) is 0 Å². The number of hydrogen-bond donors (Lipinski definition) is 2. The van der Waals surface area contributed by atoms with E-state index in [1.807, 2.05) is 6.92 Å². The van der Waals surface area contributed by atoms with E-state index >= 15 is 0 Å². The first kappa shape index (κ1) is 11.9. The summed E-state index contributed by atoms with van der Waals surface area (Å²) in [7, 11) is 1.71. The van der Waals surface area contributed by atoms with E-state index in [9.17, 15) is 4.79 Å². The van der Waals surface area contributed by atoms with Crippen LogP contribution in [0.15, 0.2) is 18.2 Å². The Morgan fingerprint density at radius 2 is 2.22 bits per heavy atom. The van der Waals surface area contributed by atoms with Gasteiger partial charge in [0.1, 0.15) is 0 Å². The molecule has 2 aromatic rings. The maximum absolute atomic E-state index is 10.8. The molecule has 7 heteroatoms. The van der Waals surface area contributed by atoms with Gasteiger partial charge in [-0.05, 0) is 19.1 Å². The lowest BCUT2D eigenvalue weighted by Crippen LogP contribution is -2.05. The maximum Gasteiger partial charge on any atom is 0.354 e. The van der Waals surface area contributed by atoms with E-state index in [2.05, 4.69) is 10.1 Å². The van der Waals surface area contributed by atoms with Gasteiger partial charge in [-0.1, -0.05) is 0 Å². The number of nitrogen functional groups attached to an aromatic ring is 1. The second-order valence-corrected chi connectivity index (χ2v) is 3.75. The zero-order chi connectivity index (χ0) is 13.3. The standard InChI is InChI=1S/C11H12N4O3/c1-6-5-9(15(2)14-6)18-10-7(12)3-4-8(13-10)11(16)17/h3-5H,12H2,1-2H3,(H,16,17). The summed E-state index contributed by atoms with van der Waals surface area (Å²) < 4.78 is 6.97. The van der Waals surface area contributed by atoms with Gasteiger partial charge in [-0.2, -0.15) is 5.10 Å². The van der Waals surface area contributed by atoms with E-state index in [-0.39, 0.29) is 17.3 Å². The number of anilines is 1. The minimum absolute atomic E-state index is 0.0536. The Bertz CT molecular complexity index is 606. The molecule has 18 heavy (non-hydrogen) atoms. The Morgan fingerprint density at radius 1 is 1.50 bits per heavy atom. The van der Waals surface area contributed by atoms with Gasteiger partial charge in [0.05, 0.1) is 11.4 Å². The molecule has 0 atom stereocenters. The molecule has 0 aromatic carbocycles. The van der Waals surface area contributed by atoms with Gasteiger partial charge in [0.15, 0.2) is 5.69 Å². The van der Waals surface area contributed by atoms with Crippen LogP contribution in [0.2, 0.25) is 0 Å². The van der Waals surface area contributed by atoms with Crippen molar-refractivity contribution in [3.63, 3.8) is 0 Å². The number of rotatable bonds is 3. The van der Waals surface area contributed by atoms with E-state index in [1.165, 1.54) is 16.8 Å². The normalized spacial score (nSPS) is 10.3. The van der Waals surface area contributed by atoms with Crippen molar-refractivity contribution in [3.8, 4) is 11.8 Å². The second-order valence-electron chi connectivity index (χ2n) is 3.75. The third-order valence-electron chi connectivity index (χ3n) is 2.27. The van der Waals surface area contributed by atoms with Crippen LogP contribution < -0.4 is 10.5 Å². The van der Waals surface area contributed by atoms with Crippen molar-refractivity contribution in [1.82, 2.24) is 14.8 Å². The fourth-order valence-electron chi connectivity index (χ4n) is 1.43. The highest BCUT2D eigenvalue weighted by Crippen LogP contribution is 2.25. The van der Waals surface area contributed by atoms with E-state index < -0.39 is 5.97 Å². The maximum atomic E-state index is 10.8. The average molecular weight is 248 g/mol. The van der Waals surface area contributed by atoms with E-state index in [1.54, 1.807) is 13.1 Å². The molecular weight excluding hydrogens is 236 g/mol. The highest BCUT2D eigenvalue weighted by molar-refractivity contribution is 5.86. The summed E-state index contributed by atoms with van der Waals surface area (Å²) in [6.07, 6.45) is 0. The molecule has 0 aliphatic heterocycles. The molecule has 0 saturated carbocycles. The van der Waals surface area contributed by atoms with Crippen molar-refractivity contribution >= 4 is 11.7 Å². The summed E-state index contributed by atoms with van der Waals surface area (Å²) >= 11 is 0. The number of ether oxygens (including phenoxy) is 1. The number of nitrogens with zero attached hydrogens (tertiary/aromatic N) is 3. The number of nitrogens with two attached hydrogens (primary N) is 1. The van der Waals surface area contributed by atoms with Crippen LogP contribution in [0, 0.1) is 6.92 Å². The molecule has 0 saturated heterocycles. The van der Waals surface area contributed by atoms with Crippen molar-refractivity contribution in [2.45, 2.75) is 6.92 Å². The lowest BCUT2D eigenvalue weighted by Gasteiger charge is -2.07. The lowest BCUT2D eigenvalue weighted by atomic mass is 10.3. The van der Waals surface area contributed by atoms with Crippen molar-refractivity contribution in [2.75, 3.05) is 5.73 Å². The molecule has 2 heterocycles. The van der Waals surface area contributed by atoms with Gasteiger partial charge in [-0.3, -0.25) is 0 Å². The predicted molar refractivity (Wildman–Crippen MR) is 63.6 cm³/mol. The third kappa shape index (κ3) is 2.24.